The van der Waals surface area contributed by atoms with Gasteiger partial charge in [-0.3, -0.25) is 0 Å². The number of rotatable bonds is 5. The molecule has 1 aromatic heterocycles. The highest BCUT2D eigenvalue weighted by atomic mass is 19.4. The fourth-order valence-corrected chi connectivity index (χ4v) is 1.84. The zero-order valence-electron chi connectivity index (χ0n) is 10.5. The van der Waals surface area contributed by atoms with Gasteiger partial charge in [-0.05, 0) is 12.8 Å². The smallest absolute Gasteiger partial charge is 0.344 e. The molecule has 0 radical (unpaired) electrons. The van der Waals surface area contributed by atoms with Crippen molar-refractivity contribution in [2.45, 2.75) is 38.4 Å². The maximum Gasteiger partial charge on any atom is 0.405 e. The predicted molar refractivity (Wildman–Crippen MR) is 65.6 cm³/mol. The van der Waals surface area contributed by atoms with Crippen molar-refractivity contribution in [3.8, 4) is 0 Å². The normalized spacial score (nSPS) is 15.4. The van der Waals surface area contributed by atoms with Crippen LogP contribution in [-0.4, -0.2) is 28.7 Å². The third-order valence-corrected chi connectivity index (χ3v) is 2.85. The number of hydrazine groups is 1. The molecule has 1 saturated carbocycles. The van der Waals surface area contributed by atoms with Crippen molar-refractivity contribution in [3.05, 3.63) is 11.9 Å². The van der Waals surface area contributed by atoms with E-state index in [1.54, 1.807) is 0 Å². The maximum atomic E-state index is 12.6. The van der Waals surface area contributed by atoms with E-state index < -0.39 is 12.7 Å². The molecule has 106 valence electrons. The molecule has 0 atom stereocenters. The molecule has 1 heterocycles. The number of nitrogens with zero attached hydrogens (tertiary/aromatic N) is 3. The number of alkyl halides is 3. The molecule has 1 aliphatic carbocycles. The van der Waals surface area contributed by atoms with Gasteiger partial charge in [0.05, 0.1) is 0 Å². The molecule has 0 bridgehead atoms. The largest absolute Gasteiger partial charge is 0.405 e. The van der Waals surface area contributed by atoms with Crippen LogP contribution in [-0.2, 0) is 6.42 Å². The second-order valence-corrected chi connectivity index (χ2v) is 4.50. The monoisotopic (exact) mass is 275 g/mol. The zero-order chi connectivity index (χ0) is 14.0. The van der Waals surface area contributed by atoms with Crippen molar-refractivity contribution in [1.29, 1.82) is 0 Å². The first-order chi connectivity index (χ1) is 8.93. The highest BCUT2D eigenvalue weighted by Gasteiger charge is 2.39. The second-order valence-electron chi connectivity index (χ2n) is 4.50. The van der Waals surface area contributed by atoms with Gasteiger partial charge < -0.3 is 10.3 Å². The van der Waals surface area contributed by atoms with E-state index in [4.69, 9.17) is 5.84 Å². The molecular formula is C11H16F3N5. The Labute approximate surface area is 109 Å². The van der Waals surface area contributed by atoms with Crippen LogP contribution in [0.25, 0.3) is 0 Å². The number of aryl methyl sites for hydroxylation is 1. The topological polar surface area (TPSA) is 67.1 Å². The highest BCUT2D eigenvalue weighted by molar-refractivity contribution is 5.50. The summed E-state index contributed by atoms with van der Waals surface area (Å²) >= 11 is 0. The molecule has 0 amide bonds. The van der Waals surface area contributed by atoms with Gasteiger partial charge in [-0.25, -0.2) is 15.8 Å². The summed E-state index contributed by atoms with van der Waals surface area (Å²) < 4.78 is 37.9. The van der Waals surface area contributed by atoms with Crippen LogP contribution in [0.5, 0.6) is 0 Å². The van der Waals surface area contributed by atoms with E-state index in [9.17, 15) is 13.2 Å². The summed E-state index contributed by atoms with van der Waals surface area (Å²) in [5.74, 6) is 6.36. The van der Waals surface area contributed by atoms with Crippen molar-refractivity contribution in [2.24, 2.45) is 5.84 Å². The lowest BCUT2D eigenvalue weighted by molar-refractivity contribution is -0.120. The predicted octanol–water partition coefficient (Wildman–Crippen LogP) is 1.86. The molecule has 0 unspecified atom stereocenters. The van der Waals surface area contributed by atoms with Crippen molar-refractivity contribution < 1.29 is 13.2 Å². The van der Waals surface area contributed by atoms with Crippen LogP contribution in [0.3, 0.4) is 0 Å². The van der Waals surface area contributed by atoms with E-state index in [2.05, 4.69) is 15.4 Å². The molecule has 0 saturated heterocycles. The van der Waals surface area contributed by atoms with Crippen LogP contribution in [0.2, 0.25) is 0 Å². The van der Waals surface area contributed by atoms with Crippen LogP contribution in [0.4, 0.5) is 24.8 Å². The molecule has 0 aromatic carbocycles. The molecule has 0 aliphatic heterocycles. The lowest BCUT2D eigenvalue weighted by Gasteiger charge is -2.25. The molecule has 1 fully saturated rings. The first-order valence-corrected chi connectivity index (χ1v) is 6.11. The lowest BCUT2D eigenvalue weighted by Crippen LogP contribution is -2.36. The Morgan fingerprint density at radius 3 is 2.58 bits per heavy atom. The Morgan fingerprint density at radius 2 is 2.11 bits per heavy atom. The Morgan fingerprint density at radius 1 is 1.42 bits per heavy atom. The highest BCUT2D eigenvalue weighted by Crippen LogP contribution is 2.34. The molecule has 2 rings (SSSR count). The Kier molecular flexibility index (Phi) is 3.79. The number of hydrogen-bond acceptors (Lipinski definition) is 5. The first-order valence-electron chi connectivity index (χ1n) is 6.11. The van der Waals surface area contributed by atoms with E-state index in [1.165, 1.54) is 11.0 Å². The second kappa shape index (κ2) is 5.20. The molecule has 0 spiro atoms. The minimum Gasteiger partial charge on any atom is -0.344 e. The average Bonchev–Trinajstić information content (AvgIpc) is 3.18. The Hall–Kier alpha value is -1.57. The SMILES string of the molecule is CCc1nc(NN)cc(N(CC(F)(F)F)C2CC2)n1. The number of anilines is 2. The summed E-state index contributed by atoms with van der Waals surface area (Å²) in [7, 11) is 0. The fraction of sp³-hybridized carbons (Fsp3) is 0.636. The molecule has 8 heteroatoms. The van der Waals surface area contributed by atoms with Crippen molar-refractivity contribution in [1.82, 2.24) is 9.97 Å². The molecule has 19 heavy (non-hydrogen) atoms. The fourth-order valence-electron chi connectivity index (χ4n) is 1.84. The Balaban J connectivity index is 2.30. The summed E-state index contributed by atoms with van der Waals surface area (Å²) in [6.07, 6.45) is -2.21. The molecular weight excluding hydrogens is 259 g/mol. The number of nitrogen functional groups attached to an aromatic ring is 1. The number of aromatic nitrogens is 2. The van der Waals surface area contributed by atoms with Gasteiger partial charge in [0.2, 0.25) is 0 Å². The van der Waals surface area contributed by atoms with Crippen LogP contribution in [0, 0.1) is 0 Å². The van der Waals surface area contributed by atoms with Gasteiger partial charge in [0.15, 0.2) is 0 Å². The average molecular weight is 275 g/mol. The summed E-state index contributed by atoms with van der Waals surface area (Å²) in [4.78, 5) is 9.52. The molecule has 5 nitrogen and oxygen atoms in total. The number of halogens is 3. The lowest BCUT2D eigenvalue weighted by atomic mass is 10.3. The summed E-state index contributed by atoms with van der Waals surface area (Å²) in [6.45, 7) is 0.840. The molecule has 3 N–H and O–H groups in total. The van der Waals surface area contributed by atoms with Crippen molar-refractivity contribution in [2.75, 3.05) is 16.9 Å². The standard InChI is InChI=1S/C11H16F3N5/c1-2-8-16-9(18-15)5-10(17-8)19(7-3-4-7)6-11(12,13)14/h5,7H,2-4,6,15H2,1H3,(H,16,17,18). The van der Waals surface area contributed by atoms with Gasteiger partial charge >= 0.3 is 6.18 Å². The zero-order valence-corrected chi connectivity index (χ0v) is 10.5. The first kappa shape index (κ1) is 13.9. The van der Waals surface area contributed by atoms with Gasteiger partial charge in [0.1, 0.15) is 24.0 Å². The number of hydrogen-bond donors (Lipinski definition) is 2. The number of nitrogens with two attached hydrogens (primary N) is 1. The van der Waals surface area contributed by atoms with E-state index >= 15 is 0 Å². The van der Waals surface area contributed by atoms with Crippen molar-refractivity contribution in [3.63, 3.8) is 0 Å². The van der Waals surface area contributed by atoms with Gasteiger partial charge in [-0.1, -0.05) is 6.92 Å². The van der Waals surface area contributed by atoms with Crippen LogP contribution in [0.15, 0.2) is 6.07 Å². The Bertz CT molecular complexity index is 422. The number of nitrogens with one attached hydrogen (secondary N) is 1. The van der Waals surface area contributed by atoms with Crippen LogP contribution in [0.1, 0.15) is 25.6 Å². The van der Waals surface area contributed by atoms with E-state index in [1.807, 2.05) is 6.92 Å². The van der Waals surface area contributed by atoms with E-state index in [0.717, 1.165) is 12.8 Å². The summed E-state index contributed by atoms with van der Waals surface area (Å²) in [6, 6.07) is 1.36. The van der Waals surface area contributed by atoms with Gasteiger partial charge in [-0.2, -0.15) is 13.2 Å². The third kappa shape index (κ3) is 3.69. The quantitative estimate of drug-likeness (QED) is 0.634. The van der Waals surface area contributed by atoms with Crippen LogP contribution >= 0.6 is 0 Å². The minimum absolute atomic E-state index is 0.0909. The third-order valence-electron chi connectivity index (χ3n) is 2.85. The molecule has 1 aromatic rings. The molecule has 1 aliphatic rings. The van der Waals surface area contributed by atoms with E-state index in [0.29, 0.717) is 18.1 Å². The maximum absolute atomic E-state index is 12.6. The van der Waals surface area contributed by atoms with Crippen LogP contribution < -0.4 is 16.2 Å². The summed E-state index contributed by atoms with van der Waals surface area (Å²) in [5, 5.41) is 0. The summed E-state index contributed by atoms with van der Waals surface area (Å²) in [5.41, 5.74) is 2.36. The van der Waals surface area contributed by atoms with Crippen molar-refractivity contribution >= 4 is 11.6 Å². The van der Waals surface area contributed by atoms with Gasteiger partial charge in [0, 0.05) is 18.5 Å². The van der Waals surface area contributed by atoms with Gasteiger partial charge in [0.25, 0.3) is 0 Å². The minimum atomic E-state index is -4.25. The van der Waals surface area contributed by atoms with E-state index in [-0.39, 0.29) is 11.9 Å². The van der Waals surface area contributed by atoms with Gasteiger partial charge in [-0.15, -0.1) is 0 Å².